The van der Waals surface area contributed by atoms with E-state index in [1.165, 1.54) is 7.05 Å². The van der Waals surface area contributed by atoms with Crippen LogP contribution in [0.4, 0.5) is 8.78 Å². The third kappa shape index (κ3) is 2.80. The summed E-state index contributed by atoms with van der Waals surface area (Å²) in [6.45, 7) is 0. The summed E-state index contributed by atoms with van der Waals surface area (Å²) >= 11 is 0. The van der Waals surface area contributed by atoms with Crippen molar-refractivity contribution >= 4 is 5.96 Å². The Morgan fingerprint density at radius 2 is 2.31 bits per heavy atom. The number of nitrogens with one attached hydrogen (secondary N) is 2. The number of alkyl halides is 2. The van der Waals surface area contributed by atoms with Gasteiger partial charge in [-0.1, -0.05) is 0 Å². The maximum atomic E-state index is 12.7. The summed E-state index contributed by atoms with van der Waals surface area (Å²) < 4.78 is 25.4. The van der Waals surface area contributed by atoms with Gasteiger partial charge in [-0.2, -0.15) is 0 Å². The summed E-state index contributed by atoms with van der Waals surface area (Å²) in [6, 6.07) is -0.232. The van der Waals surface area contributed by atoms with E-state index in [1.807, 2.05) is 0 Å². The van der Waals surface area contributed by atoms with E-state index in [0.29, 0.717) is 12.4 Å². The molecule has 1 unspecified atom stereocenters. The van der Waals surface area contributed by atoms with Gasteiger partial charge in [0.2, 0.25) is 11.9 Å². The zero-order valence-electron chi connectivity index (χ0n) is 7.48. The van der Waals surface area contributed by atoms with Gasteiger partial charge >= 0.3 is 0 Å². The van der Waals surface area contributed by atoms with Gasteiger partial charge in [-0.15, -0.1) is 0 Å². The fourth-order valence-electron chi connectivity index (χ4n) is 1.44. The topological polar surface area (TPSA) is 62.4 Å². The first-order chi connectivity index (χ1) is 6.07. The lowest BCUT2D eigenvalue weighted by atomic mass is 10.2. The molecule has 0 aliphatic heterocycles. The molecule has 1 atom stereocenters. The van der Waals surface area contributed by atoms with Crippen LogP contribution >= 0.6 is 0 Å². The van der Waals surface area contributed by atoms with E-state index in [2.05, 4.69) is 15.7 Å². The van der Waals surface area contributed by atoms with Crippen molar-refractivity contribution in [3.05, 3.63) is 0 Å². The van der Waals surface area contributed by atoms with Crippen molar-refractivity contribution < 1.29 is 8.78 Å². The normalized spacial score (nSPS) is 27.4. The van der Waals surface area contributed by atoms with Crippen LogP contribution in [0.1, 0.15) is 19.3 Å². The maximum Gasteiger partial charge on any atom is 0.250 e. The zero-order valence-corrected chi connectivity index (χ0v) is 7.48. The maximum absolute atomic E-state index is 12.7. The standard InChI is InChI=1S/C7H14F2N4/c1-11-6(13-10)12-5-2-3-7(8,9)4-5/h5H,2-4,10H2,1H3,(H2,11,12,13). The molecule has 1 aliphatic rings. The molecular formula is C7H14F2N4. The second-order valence-corrected chi connectivity index (χ2v) is 3.16. The smallest absolute Gasteiger partial charge is 0.250 e. The highest BCUT2D eigenvalue weighted by atomic mass is 19.3. The van der Waals surface area contributed by atoms with Crippen molar-refractivity contribution in [3.8, 4) is 0 Å². The van der Waals surface area contributed by atoms with Crippen LogP contribution in [-0.2, 0) is 0 Å². The summed E-state index contributed by atoms with van der Waals surface area (Å²) in [5.74, 6) is 2.91. The Bertz CT molecular complexity index is 205. The second kappa shape index (κ2) is 3.87. The monoisotopic (exact) mass is 192 g/mol. The van der Waals surface area contributed by atoms with Crippen LogP contribution in [0.2, 0.25) is 0 Å². The summed E-state index contributed by atoms with van der Waals surface area (Å²) in [4.78, 5) is 3.74. The van der Waals surface area contributed by atoms with Crippen molar-refractivity contribution in [2.75, 3.05) is 7.05 Å². The molecule has 1 fully saturated rings. The van der Waals surface area contributed by atoms with Crippen LogP contribution in [0, 0.1) is 0 Å². The number of nitrogens with zero attached hydrogens (tertiary/aromatic N) is 1. The predicted molar refractivity (Wildman–Crippen MR) is 46.4 cm³/mol. The number of rotatable bonds is 1. The molecule has 13 heavy (non-hydrogen) atoms. The molecule has 1 rings (SSSR count). The minimum atomic E-state index is -2.54. The van der Waals surface area contributed by atoms with Crippen molar-refractivity contribution in [1.82, 2.24) is 10.7 Å². The van der Waals surface area contributed by atoms with E-state index < -0.39 is 5.92 Å². The van der Waals surface area contributed by atoms with Gasteiger partial charge in [-0.25, -0.2) is 14.6 Å². The first-order valence-corrected chi connectivity index (χ1v) is 4.15. The molecule has 0 radical (unpaired) electrons. The lowest BCUT2D eigenvalue weighted by Crippen LogP contribution is -2.45. The average molecular weight is 192 g/mol. The number of hydrogen-bond donors (Lipinski definition) is 3. The molecule has 6 heteroatoms. The molecule has 0 aromatic carbocycles. The van der Waals surface area contributed by atoms with Crippen molar-refractivity contribution in [1.29, 1.82) is 0 Å². The van der Waals surface area contributed by atoms with Crippen LogP contribution in [0.25, 0.3) is 0 Å². The van der Waals surface area contributed by atoms with E-state index in [-0.39, 0.29) is 18.9 Å². The average Bonchev–Trinajstić information content (AvgIpc) is 2.41. The van der Waals surface area contributed by atoms with Gasteiger partial charge in [0.1, 0.15) is 0 Å². The highest BCUT2D eigenvalue weighted by Gasteiger charge is 2.39. The lowest BCUT2D eigenvalue weighted by Gasteiger charge is -2.14. The molecule has 76 valence electrons. The summed E-state index contributed by atoms with van der Waals surface area (Å²) in [5, 5.41) is 2.80. The highest BCUT2D eigenvalue weighted by Crippen LogP contribution is 2.34. The van der Waals surface area contributed by atoms with Gasteiger partial charge in [-0.05, 0) is 6.42 Å². The third-order valence-electron chi connectivity index (χ3n) is 2.10. The number of hydrogen-bond acceptors (Lipinski definition) is 2. The number of hydrazine groups is 1. The van der Waals surface area contributed by atoms with E-state index in [0.717, 1.165) is 0 Å². The van der Waals surface area contributed by atoms with Crippen LogP contribution in [0.15, 0.2) is 4.99 Å². The van der Waals surface area contributed by atoms with Crippen LogP contribution in [0.3, 0.4) is 0 Å². The molecule has 4 nitrogen and oxygen atoms in total. The van der Waals surface area contributed by atoms with Gasteiger partial charge < -0.3 is 5.32 Å². The van der Waals surface area contributed by atoms with Gasteiger partial charge in [0.05, 0.1) is 0 Å². The molecule has 0 aromatic heterocycles. The Morgan fingerprint density at radius 1 is 1.62 bits per heavy atom. The highest BCUT2D eigenvalue weighted by molar-refractivity contribution is 5.79. The van der Waals surface area contributed by atoms with Gasteiger partial charge in [-0.3, -0.25) is 10.4 Å². The minimum Gasteiger partial charge on any atom is -0.352 e. The van der Waals surface area contributed by atoms with Crippen LogP contribution in [-0.4, -0.2) is 25.0 Å². The van der Waals surface area contributed by atoms with E-state index in [1.54, 1.807) is 0 Å². The molecule has 0 saturated heterocycles. The first-order valence-electron chi connectivity index (χ1n) is 4.15. The zero-order chi connectivity index (χ0) is 9.90. The number of halogens is 2. The molecule has 1 saturated carbocycles. The molecule has 0 bridgehead atoms. The first kappa shape index (κ1) is 10.2. The van der Waals surface area contributed by atoms with Gasteiger partial charge in [0.25, 0.3) is 0 Å². The Labute approximate surface area is 75.6 Å². The Morgan fingerprint density at radius 3 is 2.69 bits per heavy atom. The van der Waals surface area contributed by atoms with Gasteiger partial charge in [0.15, 0.2) is 0 Å². The summed E-state index contributed by atoms with van der Waals surface area (Å²) in [6.07, 6.45) is 0.244. The number of guanidine groups is 1. The van der Waals surface area contributed by atoms with Crippen LogP contribution in [0.5, 0.6) is 0 Å². The summed E-state index contributed by atoms with van der Waals surface area (Å²) in [5.41, 5.74) is 2.30. The third-order valence-corrected chi connectivity index (χ3v) is 2.10. The number of nitrogens with two attached hydrogens (primary N) is 1. The molecule has 0 heterocycles. The lowest BCUT2D eigenvalue weighted by molar-refractivity contribution is 0.00746. The van der Waals surface area contributed by atoms with E-state index in [9.17, 15) is 8.78 Å². The molecule has 0 amide bonds. The van der Waals surface area contributed by atoms with Crippen LogP contribution < -0.4 is 16.6 Å². The van der Waals surface area contributed by atoms with E-state index >= 15 is 0 Å². The second-order valence-electron chi connectivity index (χ2n) is 3.16. The molecule has 0 spiro atoms. The molecule has 1 aliphatic carbocycles. The molecular weight excluding hydrogens is 178 g/mol. The van der Waals surface area contributed by atoms with E-state index in [4.69, 9.17) is 5.84 Å². The summed E-state index contributed by atoms with van der Waals surface area (Å²) in [7, 11) is 1.54. The molecule has 4 N–H and O–H groups in total. The Kier molecular flexibility index (Phi) is 3.02. The fraction of sp³-hybridized carbons (Fsp3) is 0.857. The largest absolute Gasteiger partial charge is 0.352 e. The quantitative estimate of drug-likeness (QED) is 0.241. The van der Waals surface area contributed by atoms with Gasteiger partial charge in [0, 0.05) is 25.9 Å². The van der Waals surface area contributed by atoms with Crippen molar-refractivity contribution in [3.63, 3.8) is 0 Å². The van der Waals surface area contributed by atoms with Crippen molar-refractivity contribution in [2.24, 2.45) is 10.8 Å². The predicted octanol–water partition coefficient (Wildman–Crippen LogP) is 0.213. The number of aliphatic imine (C=N–C) groups is 1. The minimum absolute atomic E-state index is 0.0633. The Hall–Kier alpha value is -0.910. The molecule has 0 aromatic rings. The van der Waals surface area contributed by atoms with Crippen molar-refractivity contribution in [2.45, 2.75) is 31.2 Å². The SMILES string of the molecule is CN=C(NN)NC1CCC(F)(F)C1. The Balaban J connectivity index is 2.40. The fourth-order valence-corrected chi connectivity index (χ4v) is 1.44.